The molecule has 1 fully saturated rings. The number of aliphatic hydroxyl groups is 1. The molecule has 0 bridgehead atoms. The van der Waals surface area contributed by atoms with Crippen LogP contribution in [0.4, 0.5) is 4.79 Å². The maximum Gasteiger partial charge on any atom is 0.410 e. The second kappa shape index (κ2) is 9.34. The smallest absolute Gasteiger partial charge is 0.410 e. The van der Waals surface area contributed by atoms with Crippen molar-refractivity contribution < 1.29 is 24.5 Å². The van der Waals surface area contributed by atoms with Crippen LogP contribution in [0.1, 0.15) is 32.4 Å². The molecule has 1 saturated heterocycles. The van der Waals surface area contributed by atoms with E-state index in [0.29, 0.717) is 12.2 Å². The quantitative estimate of drug-likeness (QED) is 0.677. The van der Waals surface area contributed by atoms with E-state index >= 15 is 0 Å². The lowest BCUT2D eigenvalue weighted by molar-refractivity contribution is -0.141. The molecule has 1 aromatic rings. The van der Waals surface area contributed by atoms with Crippen molar-refractivity contribution >= 4 is 20.1 Å². The van der Waals surface area contributed by atoms with Gasteiger partial charge in [0, 0.05) is 6.17 Å². The van der Waals surface area contributed by atoms with Gasteiger partial charge in [-0.25, -0.2) is 9.59 Å². The Labute approximate surface area is 162 Å². The summed E-state index contributed by atoms with van der Waals surface area (Å²) in [5.74, 6) is -0.936. The van der Waals surface area contributed by atoms with Gasteiger partial charge in [-0.15, -0.1) is 0 Å². The minimum atomic E-state index is -1.62. The Bertz CT molecular complexity index is 631. The molecule has 0 spiro atoms. The summed E-state index contributed by atoms with van der Waals surface area (Å²) < 4.78 is 5.24. The van der Waals surface area contributed by atoms with Crippen molar-refractivity contribution in [1.82, 2.24) is 4.90 Å². The number of carbonyl (C=O) groups is 2. The Morgan fingerprint density at radius 2 is 1.85 bits per heavy atom. The van der Waals surface area contributed by atoms with Crippen molar-refractivity contribution in [3.63, 3.8) is 0 Å². The number of nitrogens with two attached hydrogens (primary N) is 1. The summed E-state index contributed by atoms with van der Waals surface area (Å²) in [6, 6.07) is 9.19. The highest BCUT2D eigenvalue weighted by Gasteiger charge is 2.46. The van der Waals surface area contributed by atoms with Gasteiger partial charge in [-0.05, 0) is 32.4 Å². The van der Waals surface area contributed by atoms with E-state index in [9.17, 15) is 9.59 Å². The fourth-order valence-corrected chi connectivity index (χ4v) is 5.65. The molecule has 0 aromatic heterocycles. The zero-order chi connectivity index (χ0) is 20.8. The first kappa shape index (κ1) is 23.1. The van der Waals surface area contributed by atoms with E-state index in [1.807, 2.05) is 30.3 Å². The Kier molecular flexibility index (Phi) is 8.00. The van der Waals surface area contributed by atoms with Gasteiger partial charge in [-0.3, -0.25) is 4.90 Å². The minimum absolute atomic E-state index is 0.00398. The van der Waals surface area contributed by atoms with Gasteiger partial charge in [0.1, 0.15) is 11.6 Å². The molecule has 0 radical (unpaired) electrons. The van der Waals surface area contributed by atoms with E-state index in [-0.39, 0.29) is 12.6 Å². The monoisotopic (exact) mass is 396 g/mol. The summed E-state index contributed by atoms with van der Waals surface area (Å²) in [5, 5.41) is 17.8. The van der Waals surface area contributed by atoms with Crippen LogP contribution in [-0.4, -0.2) is 59.7 Å². The fraction of sp³-hybridized carbons (Fsp3) is 0.579. The predicted molar refractivity (Wildman–Crippen MR) is 107 cm³/mol. The van der Waals surface area contributed by atoms with Crippen LogP contribution in [0.15, 0.2) is 30.3 Å². The number of carbonyl (C=O) groups excluding carboxylic acids is 1. The van der Waals surface area contributed by atoms with Crippen molar-refractivity contribution in [3.8, 4) is 0 Å². The largest absolute Gasteiger partial charge is 0.480 e. The van der Waals surface area contributed by atoms with E-state index in [1.165, 1.54) is 4.90 Å². The number of amides is 1. The Morgan fingerprint density at radius 3 is 2.30 bits per heavy atom. The van der Waals surface area contributed by atoms with Gasteiger partial charge in [0.2, 0.25) is 0 Å². The topological polar surface area (TPSA) is 113 Å². The molecule has 0 unspecified atom stereocenters. The average Bonchev–Trinajstić information content (AvgIpc) is 2.90. The Balaban J connectivity index is 0.000000309. The van der Waals surface area contributed by atoms with Crippen LogP contribution in [-0.2, 0) is 9.53 Å². The molecule has 1 amide bonds. The van der Waals surface area contributed by atoms with Crippen molar-refractivity contribution in [2.75, 3.05) is 12.8 Å². The van der Waals surface area contributed by atoms with E-state index < -0.39 is 31.8 Å². The molecule has 1 aromatic carbocycles. The summed E-state index contributed by atoms with van der Waals surface area (Å²) >= 11 is 0. The van der Waals surface area contributed by atoms with Crippen LogP contribution < -0.4 is 5.73 Å². The lowest BCUT2D eigenvalue weighted by atomic mass is 10.1. The normalized spacial score (nSPS) is 19.7. The number of aliphatic hydroxyl groups excluding tert-OH is 1. The number of carboxylic acid groups (broad SMARTS) is 1. The SMILES string of the molecule is CC(C)(C)OC(=O)N1C[Si](C)(C)C[C@@H]1C(=O)O.N[C@H](CO)c1ccccc1. The number of hydrogen-bond acceptors (Lipinski definition) is 5. The average molecular weight is 397 g/mol. The van der Waals surface area contributed by atoms with Gasteiger partial charge in [-0.2, -0.15) is 0 Å². The van der Waals surface area contributed by atoms with Gasteiger partial charge >= 0.3 is 12.1 Å². The molecule has 7 nitrogen and oxygen atoms in total. The summed E-state index contributed by atoms with van der Waals surface area (Å²) in [7, 11) is -1.62. The third-order valence-corrected chi connectivity index (χ3v) is 6.75. The standard InChI is InChI=1S/C11H21NO4Si.C8H11NO/c1-11(2,3)16-10(15)12-7-17(4,5)6-8(12)9(13)14;9-8(6-10)7-4-2-1-3-5-7/h8H,6-7H2,1-5H3,(H,13,14);1-5,8,10H,6,9H2/t2*8-/m11/s1. The maximum absolute atomic E-state index is 11.9. The van der Waals surface area contributed by atoms with Gasteiger partial charge in [0.05, 0.1) is 20.7 Å². The predicted octanol–water partition coefficient (Wildman–Crippen LogP) is 2.62. The third-order valence-electron chi connectivity index (χ3n) is 4.06. The number of aliphatic carboxylic acids is 1. The molecule has 152 valence electrons. The Hall–Kier alpha value is -1.90. The summed E-state index contributed by atoms with van der Waals surface area (Å²) in [6.45, 7) is 9.52. The van der Waals surface area contributed by atoms with E-state index in [1.54, 1.807) is 20.8 Å². The fourth-order valence-electron chi connectivity index (χ4n) is 2.81. The van der Waals surface area contributed by atoms with Crippen LogP contribution in [0.2, 0.25) is 19.1 Å². The highest BCUT2D eigenvalue weighted by atomic mass is 28.3. The molecule has 27 heavy (non-hydrogen) atoms. The second-order valence-electron chi connectivity index (χ2n) is 8.53. The first-order chi connectivity index (χ1) is 12.4. The molecule has 2 rings (SSSR count). The number of nitrogens with zero attached hydrogens (tertiary/aromatic N) is 1. The number of benzene rings is 1. The molecule has 8 heteroatoms. The molecule has 4 N–H and O–H groups in total. The Morgan fingerprint density at radius 1 is 1.30 bits per heavy atom. The maximum atomic E-state index is 11.9. The third kappa shape index (κ3) is 7.70. The van der Waals surface area contributed by atoms with Gasteiger partial charge < -0.3 is 20.7 Å². The molecular formula is C19H32N2O5Si. The summed E-state index contributed by atoms with van der Waals surface area (Å²) in [4.78, 5) is 24.4. The summed E-state index contributed by atoms with van der Waals surface area (Å²) in [6.07, 6.45) is 0.0433. The van der Waals surface area contributed by atoms with E-state index in [0.717, 1.165) is 5.56 Å². The lowest BCUT2D eigenvalue weighted by Gasteiger charge is -2.27. The molecule has 1 aliphatic rings. The lowest BCUT2D eigenvalue weighted by Crippen LogP contribution is -2.44. The number of carboxylic acids is 1. The minimum Gasteiger partial charge on any atom is -0.480 e. The number of ether oxygens (including phenoxy) is 1. The second-order valence-corrected chi connectivity index (χ2v) is 13.6. The highest BCUT2D eigenvalue weighted by molar-refractivity contribution is 6.78. The van der Waals surface area contributed by atoms with E-state index in [4.69, 9.17) is 20.7 Å². The number of rotatable bonds is 3. The van der Waals surface area contributed by atoms with Crippen molar-refractivity contribution in [2.45, 2.75) is 57.6 Å². The first-order valence-corrected chi connectivity index (χ1v) is 12.4. The molecule has 1 heterocycles. The van der Waals surface area contributed by atoms with Gasteiger partial charge in [0.15, 0.2) is 0 Å². The zero-order valence-corrected chi connectivity index (χ0v) is 17.8. The zero-order valence-electron chi connectivity index (χ0n) is 16.8. The molecular weight excluding hydrogens is 364 g/mol. The van der Waals surface area contributed by atoms with Crippen LogP contribution >= 0.6 is 0 Å². The van der Waals surface area contributed by atoms with Gasteiger partial charge in [0.25, 0.3) is 0 Å². The highest BCUT2D eigenvalue weighted by Crippen LogP contribution is 2.28. The van der Waals surface area contributed by atoms with Crippen LogP contribution in [0.5, 0.6) is 0 Å². The van der Waals surface area contributed by atoms with Crippen molar-refractivity contribution in [2.24, 2.45) is 5.73 Å². The van der Waals surface area contributed by atoms with Gasteiger partial charge in [-0.1, -0.05) is 43.4 Å². The van der Waals surface area contributed by atoms with E-state index in [2.05, 4.69) is 13.1 Å². The van der Waals surface area contributed by atoms with Crippen molar-refractivity contribution in [3.05, 3.63) is 35.9 Å². The summed E-state index contributed by atoms with van der Waals surface area (Å²) in [5.41, 5.74) is 5.93. The van der Waals surface area contributed by atoms with Crippen LogP contribution in [0.25, 0.3) is 0 Å². The molecule has 0 aliphatic carbocycles. The van der Waals surface area contributed by atoms with Crippen LogP contribution in [0.3, 0.4) is 0 Å². The molecule has 1 aliphatic heterocycles. The number of hydrogen-bond donors (Lipinski definition) is 3. The first-order valence-electron chi connectivity index (χ1n) is 9.00. The molecule has 2 atom stereocenters. The molecule has 0 saturated carbocycles. The van der Waals surface area contributed by atoms with Crippen molar-refractivity contribution in [1.29, 1.82) is 0 Å². The van der Waals surface area contributed by atoms with Crippen LogP contribution in [0, 0.1) is 0 Å².